The van der Waals surface area contributed by atoms with Gasteiger partial charge < -0.3 is 30.4 Å². The number of carbonyl (C=O) groups excluding carboxylic acids is 1. The van der Waals surface area contributed by atoms with Crippen molar-refractivity contribution in [2.75, 3.05) is 11.9 Å². The Balaban J connectivity index is 1.85. The number of aliphatic hydroxyl groups excluding tert-OH is 1. The van der Waals surface area contributed by atoms with Gasteiger partial charge in [-0.15, -0.1) is 0 Å². The molecule has 2 aromatic rings. The van der Waals surface area contributed by atoms with E-state index >= 15 is 0 Å². The first kappa shape index (κ1) is 23.4. The van der Waals surface area contributed by atoms with Crippen LogP contribution in [0.1, 0.15) is 56.9 Å². The number of ether oxygens (including phenoxy) is 3. The number of carbonyl (C=O) groups is 1. The van der Waals surface area contributed by atoms with E-state index in [9.17, 15) is 9.90 Å². The van der Waals surface area contributed by atoms with Crippen molar-refractivity contribution < 1.29 is 24.1 Å². The second kappa shape index (κ2) is 10.9. The van der Waals surface area contributed by atoms with Crippen molar-refractivity contribution in [3.05, 3.63) is 53.6 Å². The first-order valence-corrected chi connectivity index (χ1v) is 10.8. The molecule has 1 saturated carbocycles. The van der Waals surface area contributed by atoms with Crippen LogP contribution in [0.3, 0.4) is 0 Å². The fourth-order valence-electron chi connectivity index (χ4n) is 3.66. The second-order valence-electron chi connectivity index (χ2n) is 7.84. The third-order valence-electron chi connectivity index (χ3n) is 5.24. The molecular formula is C24H31N3O5. The molecule has 0 aliphatic heterocycles. The predicted molar refractivity (Wildman–Crippen MR) is 122 cm³/mol. The van der Waals surface area contributed by atoms with Crippen LogP contribution in [0.5, 0.6) is 11.5 Å². The summed E-state index contributed by atoms with van der Waals surface area (Å²) in [6.07, 6.45) is 1.99. The molecule has 3 rings (SSSR count). The lowest BCUT2D eigenvalue weighted by Gasteiger charge is -2.27. The number of rotatable bonds is 9. The Bertz CT molecular complexity index is 924. The molecule has 0 radical (unpaired) electrons. The molecule has 1 aliphatic carbocycles. The van der Waals surface area contributed by atoms with Crippen molar-refractivity contribution in [3.8, 4) is 11.5 Å². The normalized spacial score (nSPS) is 19.0. The van der Waals surface area contributed by atoms with Crippen LogP contribution < -0.4 is 20.5 Å². The van der Waals surface area contributed by atoms with Gasteiger partial charge >= 0.3 is 5.97 Å². The van der Waals surface area contributed by atoms with Gasteiger partial charge in [0.05, 0.1) is 18.8 Å². The van der Waals surface area contributed by atoms with Crippen molar-refractivity contribution >= 4 is 17.5 Å². The van der Waals surface area contributed by atoms with E-state index in [1.807, 2.05) is 25.1 Å². The Morgan fingerprint density at radius 2 is 1.81 bits per heavy atom. The van der Waals surface area contributed by atoms with Gasteiger partial charge in [0.25, 0.3) is 0 Å². The maximum absolute atomic E-state index is 11.8. The lowest BCUT2D eigenvalue weighted by atomic mass is 9.95. The third-order valence-corrected chi connectivity index (χ3v) is 5.24. The topological polar surface area (TPSA) is 127 Å². The van der Waals surface area contributed by atoms with Gasteiger partial charge in [0.1, 0.15) is 17.3 Å². The minimum absolute atomic E-state index is 0.0161. The van der Waals surface area contributed by atoms with Crippen LogP contribution >= 0.6 is 0 Å². The third kappa shape index (κ3) is 6.62. The van der Waals surface area contributed by atoms with E-state index in [0.717, 1.165) is 25.7 Å². The summed E-state index contributed by atoms with van der Waals surface area (Å²) >= 11 is 0. The lowest BCUT2D eigenvalue weighted by molar-refractivity contribution is -0.145. The maximum Gasteiger partial charge on any atom is 0.304 e. The number of nitrogen functional groups attached to an aromatic ring is 1. The minimum atomic E-state index is -0.772. The molecule has 8 nitrogen and oxygen atoms in total. The number of benzene rings is 2. The summed E-state index contributed by atoms with van der Waals surface area (Å²) in [5, 5.41) is 20.5. The number of hydrogen-bond acceptors (Lipinski definition) is 7. The summed E-state index contributed by atoms with van der Waals surface area (Å²) in [6.45, 7) is 3.73. The smallest absolute Gasteiger partial charge is 0.304 e. The van der Waals surface area contributed by atoms with Gasteiger partial charge in [0.15, 0.2) is 6.23 Å². The molecular weight excluding hydrogens is 410 g/mol. The molecule has 8 heteroatoms. The molecule has 0 aromatic heterocycles. The molecule has 1 fully saturated rings. The molecule has 2 aromatic carbocycles. The van der Waals surface area contributed by atoms with Crippen molar-refractivity contribution in [2.45, 2.75) is 58.0 Å². The van der Waals surface area contributed by atoms with Crippen molar-refractivity contribution in [3.63, 3.8) is 0 Å². The summed E-state index contributed by atoms with van der Waals surface area (Å²) < 4.78 is 17.4. The van der Waals surface area contributed by atoms with Gasteiger partial charge in [-0.25, -0.2) is 0 Å². The van der Waals surface area contributed by atoms with Crippen LogP contribution in [-0.2, 0) is 9.53 Å². The maximum atomic E-state index is 11.8. The van der Waals surface area contributed by atoms with Crippen molar-refractivity contribution in [1.29, 1.82) is 5.41 Å². The summed E-state index contributed by atoms with van der Waals surface area (Å²) in [7, 11) is 0. The first-order valence-electron chi connectivity index (χ1n) is 10.8. The molecule has 32 heavy (non-hydrogen) atoms. The second-order valence-corrected chi connectivity index (χ2v) is 7.84. The predicted octanol–water partition coefficient (Wildman–Crippen LogP) is 3.73. The molecule has 0 heterocycles. The van der Waals surface area contributed by atoms with Crippen LogP contribution in [0, 0.1) is 5.41 Å². The molecule has 0 saturated heterocycles. The van der Waals surface area contributed by atoms with E-state index in [1.165, 1.54) is 6.92 Å². The van der Waals surface area contributed by atoms with E-state index < -0.39 is 12.2 Å². The standard InChI is InChI=1S/C24H31N3O5/c1-3-30-21-12-17(13-22(14-21)32-20-10-8-19(29)9-11-20)24(31-15(2)28)27-18-6-4-16(5-7-18)23(25)26/h4-7,12-14,19-20,24,27,29H,3,8-11H2,1-2H3,(H3,25,26). The molecule has 0 bridgehead atoms. The summed E-state index contributed by atoms with van der Waals surface area (Å²) in [5.41, 5.74) is 7.50. The first-order chi connectivity index (χ1) is 15.3. The Kier molecular flexibility index (Phi) is 7.94. The number of aliphatic hydroxyl groups is 1. The van der Waals surface area contributed by atoms with Gasteiger partial charge in [0.2, 0.25) is 0 Å². The minimum Gasteiger partial charge on any atom is -0.494 e. The molecule has 0 amide bonds. The zero-order chi connectivity index (χ0) is 23.1. The Morgan fingerprint density at radius 1 is 1.16 bits per heavy atom. The van der Waals surface area contributed by atoms with Crippen molar-refractivity contribution in [2.24, 2.45) is 5.73 Å². The highest BCUT2D eigenvalue weighted by atomic mass is 16.6. The molecule has 1 atom stereocenters. The Labute approximate surface area is 188 Å². The highest BCUT2D eigenvalue weighted by Gasteiger charge is 2.22. The van der Waals surface area contributed by atoms with Gasteiger partial charge in [-0.1, -0.05) is 0 Å². The van der Waals surface area contributed by atoms with Crippen LogP contribution in [0.2, 0.25) is 0 Å². The van der Waals surface area contributed by atoms with Gasteiger partial charge in [0, 0.05) is 29.8 Å². The molecule has 5 N–H and O–H groups in total. The molecule has 0 spiro atoms. The van der Waals surface area contributed by atoms with Crippen LogP contribution in [-0.4, -0.2) is 35.7 Å². The number of nitrogens with one attached hydrogen (secondary N) is 2. The molecule has 172 valence electrons. The van der Waals surface area contributed by atoms with Gasteiger partial charge in [-0.2, -0.15) is 0 Å². The quantitative estimate of drug-likeness (QED) is 0.202. The average molecular weight is 442 g/mol. The molecule has 1 unspecified atom stereocenters. The average Bonchev–Trinajstić information content (AvgIpc) is 2.75. The number of amidine groups is 1. The summed E-state index contributed by atoms with van der Waals surface area (Å²) in [6, 6.07) is 12.4. The zero-order valence-corrected chi connectivity index (χ0v) is 18.5. The number of hydrogen-bond donors (Lipinski definition) is 4. The van der Waals surface area contributed by atoms with Gasteiger partial charge in [-0.3, -0.25) is 10.2 Å². The van der Waals surface area contributed by atoms with E-state index in [-0.39, 0.29) is 18.0 Å². The highest BCUT2D eigenvalue weighted by Crippen LogP contribution is 2.32. The lowest BCUT2D eigenvalue weighted by Crippen LogP contribution is -2.26. The summed E-state index contributed by atoms with van der Waals surface area (Å²) in [4.78, 5) is 11.8. The van der Waals surface area contributed by atoms with E-state index in [1.54, 1.807) is 24.3 Å². The fraction of sp³-hybridized carbons (Fsp3) is 0.417. The van der Waals surface area contributed by atoms with E-state index in [0.29, 0.717) is 34.9 Å². The molecule has 1 aliphatic rings. The van der Waals surface area contributed by atoms with E-state index in [2.05, 4.69) is 5.32 Å². The number of esters is 1. The Hall–Kier alpha value is -3.26. The SMILES string of the molecule is CCOc1cc(OC2CCC(O)CC2)cc(C(Nc2ccc(C(=N)N)cc2)OC(C)=O)c1. The van der Waals surface area contributed by atoms with E-state index in [4.69, 9.17) is 25.4 Å². The monoisotopic (exact) mass is 441 g/mol. The van der Waals surface area contributed by atoms with Crippen LogP contribution in [0.15, 0.2) is 42.5 Å². The Morgan fingerprint density at radius 3 is 2.41 bits per heavy atom. The van der Waals surface area contributed by atoms with Crippen LogP contribution in [0.25, 0.3) is 0 Å². The fourth-order valence-corrected chi connectivity index (χ4v) is 3.66. The number of anilines is 1. The number of nitrogens with two attached hydrogens (primary N) is 1. The zero-order valence-electron chi connectivity index (χ0n) is 18.5. The highest BCUT2D eigenvalue weighted by molar-refractivity contribution is 5.95. The largest absolute Gasteiger partial charge is 0.494 e. The van der Waals surface area contributed by atoms with Crippen molar-refractivity contribution in [1.82, 2.24) is 0 Å². The van der Waals surface area contributed by atoms with Gasteiger partial charge in [-0.05, 0) is 69.0 Å². The summed E-state index contributed by atoms with van der Waals surface area (Å²) in [5.74, 6) is 0.780. The van der Waals surface area contributed by atoms with Crippen LogP contribution in [0.4, 0.5) is 5.69 Å².